The molecular formula is C29H38N4O4. The lowest BCUT2D eigenvalue weighted by molar-refractivity contribution is -0.136. The Morgan fingerprint density at radius 2 is 1.78 bits per heavy atom. The van der Waals surface area contributed by atoms with Crippen LogP contribution in [0.5, 0.6) is 5.75 Å². The molecule has 1 unspecified atom stereocenters. The maximum absolute atomic E-state index is 12.3. The zero-order chi connectivity index (χ0) is 26.6. The molecule has 1 amide bonds. The number of nitrogens with zero attached hydrogens (tertiary/aromatic N) is 1. The highest BCUT2D eigenvalue weighted by Gasteiger charge is 2.27. The number of methoxy groups -OCH3 is 1. The van der Waals surface area contributed by atoms with Gasteiger partial charge in [-0.05, 0) is 73.7 Å². The number of rotatable bonds is 12. The lowest BCUT2D eigenvalue weighted by Gasteiger charge is -2.33. The highest BCUT2D eigenvalue weighted by molar-refractivity contribution is 5.94. The number of aliphatic carboxylic acids is 1. The van der Waals surface area contributed by atoms with Crippen molar-refractivity contribution in [3.05, 3.63) is 65.4 Å². The molecule has 0 saturated heterocycles. The summed E-state index contributed by atoms with van der Waals surface area (Å²) >= 11 is 0. The van der Waals surface area contributed by atoms with Crippen molar-refractivity contribution >= 4 is 29.5 Å². The van der Waals surface area contributed by atoms with Gasteiger partial charge in [0.05, 0.1) is 25.3 Å². The van der Waals surface area contributed by atoms with Gasteiger partial charge in [0.25, 0.3) is 5.91 Å². The molecule has 1 saturated carbocycles. The number of hydrogen-bond acceptors (Lipinski definition) is 6. The lowest BCUT2D eigenvalue weighted by Crippen LogP contribution is -2.35. The number of nitrogens with two attached hydrogens (primary N) is 1. The van der Waals surface area contributed by atoms with Crippen LogP contribution in [-0.2, 0) is 4.79 Å². The van der Waals surface area contributed by atoms with Crippen LogP contribution in [-0.4, -0.2) is 42.9 Å². The zero-order valence-electron chi connectivity index (χ0n) is 21.7. The van der Waals surface area contributed by atoms with Gasteiger partial charge >= 0.3 is 5.97 Å². The third-order valence-electron chi connectivity index (χ3n) is 6.73. The number of benzene rings is 2. The first-order valence-electron chi connectivity index (χ1n) is 12.9. The third kappa shape index (κ3) is 8.37. The number of carboxylic acid groups (broad SMARTS) is 1. The zero-order valence-corrected chi connectivity index (χ0v) is 21.7. The van der Waals surface area contributed by atoms with Crippen LogP contribution < -0.4 is 21.1 Å². The van der Waals surface area contributed by atoms with E-state index in [9.17, 15) is 9.59 Å². The van der Waals surface area contributed by atoms with E-state index in [0.29, 0.717) is 17.9 Å². The van der Waals surface area contributed by atoms with Crippen LogP contribution in [0.4, 0.5) is 11.4 Å². The first-order chi connectivity index (χ1) is 17.9. The Balaban J connectivity index is 1.82. The van der Waals surface area contributed by atoms with E-state index in [1.807, 2.05) is 49.5 Å². The van der Waals surface area contributed by atoms with E-state index in [-0.39, 0.29) is 24.9 Å². The second kappa shape index (κ2) is 14.1. The molecule has 5 N–H and O–H groups in total. The minimum Gasteiger partial charge on any atom is -0.497 e. The van der Waals surface area contributed by atoms with Crippen molar-refractivity contribution in [2.75, 3.05) is 19.0 Å². The molecule has 2 aromatic rings. The van der Waals surface area contributed by atoms with Crippen LogP contribution in [0.15, 0.2) is 64.8 Å². The van der Waals surface area contributed by atoms with Gasteiger partial charge in [-0.3, -0.25) is 14.6 Å². The summed E-state index contributed by atoms with van der Waals surface area (Å²) in [6.07, 6.45) is 8.33. The Bertz CT molecular complexity index is 1090. The Hall–Kier alpha value is -3.81. The van der Waals surface area contributed by atoms with E-state index in [1.165, 1.54) is 19.3 Å². The molecule has 37 heavy (non-hydrogen) atoms. The molecule has 1 aliphatic rings. The van der Waals surface area contributed by atoms with Gasteiger partial charge in [-0.15, -0.1) is 0 Å². The van der Waals surface area contributed by atoms with Gasteiger partial charge < -0.3 is 26.2 Å². The molecule has 198 valence electrons. The summed E-state index contributed by atoms with van der Waals surface area (Å²) in [6, 6.07) is 14.8. The molecule has 8 heteroatoms. The first kappa shape index (κ1) is 27.8. The number of hydrogen-bond donors (Lipinski definition) is 4. The van der Waals surface area contributed by atoms with Gasteiger partial charge in [0.1, 0.15) is 5.75 Å². The van der Waals surface area contributed by atoms with Gasteiger partial charge in [0, 0.05) is 35.3 Å². The number of carbonyl (C=O) groups is 2. The quantitative estimate of drug-likeness (QED) is 0.290. The van der Waals surface area contributed by atoms with E-state index in [2.05, 4.69) is 10.6 Å². The monoisotopic (exact) mass is 506 g/mol. The molecular weight excluding hydrogens is 468 g/mol. The Morgan fingerprint density at radius 3 is 2.38 bits per heavy atom. The number of allylic oxidation sites excluding steroid dienone is 1. The average Bonchev–Trinajstić information content (AvgIpc) is 2.93. The number of amides is 1. The molecule has 2 aromatic carbocycles. The lowest BCUT2D eigenvalue weighted by atomic mass is 9.80. The second-order valence-corrected chi connectivity index (χ2v) is 9.29. The molecule has 0 bridgehead atoms. The van der Waals surface area contributed by atoms with Crippen molar-refractivity contribution in [3.8, 4) is 5.75 Å². The predicted octanol–water partition coefficient (Wildman–Crippen LogP) is 5.29. The van der Waals surface area contributed by atoms with Gasteiger partial charge in [0.2, 0.25) is 0 Å². The van der Waals surface area contributed by atoms with Gasteiger partial charge in [-0.2, -0.15) is 0 Å². The first-order valence-corrected chi connectivity index (χ1v) is 12.9. The van der Waals surface area contributed by atoms with Crippen LogP contribution in [0.3, 0.4) is 0 Å². The Morgan fingerprint density at radius 1 is 1.11 bits per heavy atom. The van der Waals surface area contributed by atoms with Crippen molar-refractivity contribution in [1.29, 1.82) is 0 Å². The topological polar surface area (TPSA) is 126 Å². The summed E-state index contributed by atoms with van der Waals surface area (Å²) in [5, 5.41) is 15.1. The normalized spacial score (nSPS) is 15.6. The summed E-state index contributed by atoms with van der Waals surface area (Å²) < 4.78 is 5.25. The van der Waals surface area contributed by atoms with Crippen LogP contribution in [0.2, 0.25) is 0 Å². The minimum atomic E-state index is -0.945. The summed E-state index contributed by atoms with van der Waals surface area (Å²) in [6.45, 7) is 2.14. The summed E-state index contributed by atoms with van der Waals surface area (Å²) in [4.78, 5) is 27.7. The van der Waals surface area contributed by atoms with Crippen molar-refractivity contribution < 1.29 is 19.4 Å². The maximum Gasteiger partial charge on any atom is 0.305 e. The highest BCUT2D eigenvalue weighted by atomic mass is 16.5. The number of carboxylic acids is 1. The summed E-state index contributed by atoms with van der Waals surface area (Å²) in [5.41, 5.74) is 10.5. The van der Waals surface area contributed by atoms with Crippen molar-refractivity contribution in [2.24, 2.45) is 16.6 Å². The maximum atomic E-state index is 12.3. The molecule has 3 rings (SSSR count). The van der Waals surface area contributed by atoms with Crippen LogP contribution in [0.25, 0.3) is 0 Å². The van der Waals surface area contributed by atoms with E-state index in [1.54, 1.807) is 19.2 Å². The van der Waals surface area contributed by atoms with E-state index in [0.717, 1.165) is 41.2 Å². The number of aliphatic imine (C=N–C) groups is 1. The summed E-state index contributed by atoms with van der Waals surface area (Å²) in [5.74, 6) is -0.0443. The van der Waals surface area contributed by atoms with Crippen molar-refractivity contribution in [1.82, 2.24) is 5.32 Å². The molecule has 0 radical (unpaired) electrons. The Kier molecular flexibility index (Phi) is 10.6. The molecule has 1 atom stereocenters. The third-order valence-corrected chi connectivity index (χ3v) is 6.73. The fraction of sp³-hybridized carbons (Fsp3) is 0.414. The number of anilines is 1. The smallest absolute Gasteiger partial charge is 0.305 e. The molecule has 1 fully saturated rings. The fourth-order valence-electron chi connectivity index (χ4n) is 4.58. The van der Waals surface area contributed by atoms with E-state index >= 15 is 0 Å². The summed E-state index contributed by atoms with van der Waals surface area (Å²) in [7, 11) is 1.64. The molecule has 0 aromatic heterocycles. The predicted molar refractivity (Wildman–Crippen MR) is 148 cm³/mol. The van der Waals surface area contributed by atoms with Crippen LogP contribution in [0.1, 0.15) is 62.2 Å². The second-order valence-electron chi connectivity index (χ2n) is 9.29. The SMILES string of the molecule is CCC(N)=C(C=Nc1ccc(OC)cc1)C(Nc1ccc(C(=O)NCCC(=O)O)cc1)C1CCCCC1. The molecule has 8 nitrogen and oxygen atoms in total. The molecule has 0 aliphatic heterocycles. The fourth-order valence-corrected chi connectivity index (χ4v) is 4.58. The van der Waals surface area contributed by atoms with E-state index < -0.39 is 5.97 Å². The van der Waals surface area contributed by atoms with E-state index in [4.69, 9.17) is 20.6 Å². The number of nitrogens with one attached hydrogen (secondary N) is 2. The number of carbonyl (C=O) groups excluding carboxylic acids is 1. The number of ether oxygens (including phenoxy) is 1. The standard InChI is InChI=1S/C29H38N4O4/c1-3-26(30)25(19-32-22-13-15-24(37-2)16-14-22)28(20-7-5-4-6-8-20)33-23-11-9-21(10-12-23)29(36)31-18-17-27(34)35/h9-16,19-20,28,33H,3-8,17-18,30H2,1-2H3,(H,31,36)(H,34,35). The van der Waals surface area contributed by atoms with Gasteiger partial charge in [0.15, 0.2) is 0 Å². The van der Waals surface area contributed by atoms with Gasteiger partial charge in [-0.25, -0.2) is 0 Å². The van der Waals surface area contributed by atoms with Crippen LogP contribution in [0, 0.1) is 5.92 Å². The van der Waals surface area contributed by atoms with Crippen LogP contribution >= 0.6 is 0 Å². The highest BCUT2D eigenvalue weighted by Crippen LogP contribution is 2.32. The molecule has 0 heterocycles. The van der Waals surface area contributed by atoms with Crippen molar-refractivity contribution in [2.45, 2.75) is 57.9 Å². The molecule has 0 spiro atoms. The van der Waals surface area contributed by atoms with Crippen molar-refractivity contribution in [3.63, 3.8) is 0 Å². The van der Waals surface area contributed by atoms with Gasteiger partial charge in [-0.1, -0.05) is 26.2 Å². The average molecular weight is 507 g/mol. The largest absolute Gasteiger partial charge is 0.497 e. The Labute approximate surface area is 219 Å². The minimum absolute atomic E-state index is 0.0162. The molecule has 1 aliphatic carbocycles.